The Balaban J connectivity index is 2.12. The maximum Gasteiger partial charge on any atom is 0.0624 e. The van der Waals surface area contributed by atoms with Crippen LogP contribution in [0, 0.1) is 12.8 Å². The second kappa shape index (κ2) is 7.79. The molecule has 1 heterocycles. The number of hydrogen-bond donors (Lipinski definition) is 0. The Morgan fingerprint density at radius 1 is 1.19 bits per heavy atom. The van der Waals surface area contributed by atoms with Gasteiger partial charge in [0.2, 0.25) is 0 Å². The van der Waals surface area contributed by atoms with Crippen LogP contribution in [0.5, 0.6) is 0 Å². The first kappa shape index (κ1) is 16.3. The van der Waals surface area contributed by atoms with Crippen molar-refractivity contribution in [1.29, 1.82) is 0 Å². The van der Waals surface area contributed by atoms with Crippen LogP contribution in [-0.2, 0) is 25.8 Å². The van der Waals surface area contributed by atoms with Crippen LogP contribution in [0.1, 0.15) is 36.4 Å². The zero-order valence-corrected chi connectivity index (χ0v) is 14.9. The third kappa shape index (κ3) is 4.19. The molecule has 3 heteroatoms. The van der Waals surface area contributed by atoms with Crippen molar-refractivity contribution in [2.24, 2.45) is 5.92 Å². The summed E-state index contributed by atoms with van der Waals surface area (Å²) in [6, 6.07) is 11.0. The number of benzene rings is 1. The minimum absolute atomic E-state index is 0.609. The number of hydrogen-bond acceptors (Lipinski definition) is 1. The first-order valence-electron chi connectivity index (χ1n) is 7.84. The molecule has 2 rings (SSSR count). The molecule has 0 saturated carbocycles. The van der Waals surface area contributed by atoms with Crippen molar-refractivity contribution in [2.75, 3.05) is 5.33 Å². The highest BCUT2D eigenvalue weighted by atomic mass is 79.9. The van der Waals surface area contributed by atoms with Gasteiger partial charge in [0.1, 0.15) is 0 Å². The Labute approximate surface area is 136 Å². The summed E-state index contributed by atoms with van der Waals surface area (Å²) in [4.78, 5) is 0. The zero-order chi connectivity index (χ0) is 15.2. The van der Waals surface area contributed by atoms with Gasteiger partial charge in [-0.2, -0.15) is 5.10 Å². The molecule has 0 N–H and O–H groups in total. The molecular formula is C18H25BrN2. The molecule has 0 radical (unpaired) electrons. The lowest BCUT2D eigenvalue weighted by atomic mass is 9.94. The predicted molar refractivity (Wildman–Crippen MR) is 93.2 cm³/mol. The molecule has 0 fully saturated rings. The van der Waals surface area contributed by atoms with Crippen LogP contribution in [0.4, 0.5) is 0 Å². The third-order valence-corrected chi connectivity index (χ3v) is 4.98. The lowest BCUT2D eigenvalue weighted by Gasteiger charge is -2.16. The van der Waals surface area contributed by atoms with Crippen molar-refractivity contribution in [2.45, 2.75) is 46.6 Å². The number of nitrogens with zero attached hydrogens (tertiary/aromatic N) is 2. The van der Waals surface area contributed by atoms with Crippen LogP contribution in [0.25, 0.3) is 0 Å². The van der Waals surface area contributed by atoms with E-state index in [-0.39, 0.29) is 0 Å². The SMILES string of the molecule is CCc1cc(CC(CBr)Cc2ccccc2C)n(CC)n1. The van der Waals surface area contributed by atoms with Crippen molar-refractivity contribution < 1.29 is 0 Å². The Hall–Kier alpha value is -1.09. The summed E-state index contributed by atoms with van der Waals surface area (Å²) >= 11 is 3.70. The Morgan fingerprint density at radius 2 is 1.95 bits per heavy atom. The van der Waals surface area contributed by atoms with Gasteiger partial charge in [-0.15, -0.1) is 0 Å². The zero-order valence-electron chi connectivity index (χ0n) is 13.3. The largest absolute Gasteiger partial charge is 0.270 e. The second-order valence-corrected chi connectivity index (χ2v) is 6.30. The minimum atomic E-state index is 0.609. The van der Waals surface area contributed by atoms with Gasteiger partial charge in [-0.25, -0.2) is 0 Å². The van der Waals surface area contributed by atoms with E-state index in [1.807, 2.05) is 0 Å². The average molecular weight is 349 g/mol. The summed E-state index contributed by atoms with van der Waals surface area (Å²) < 4.78 is 2.16. The maximum atomic E-state index is 4.66. The van der Waals surface area contributed by atoms with Crippen molar-refractivity contribution in [3.8, 4) is 0 Å². The van der Waals surface area contributed by atoms with Crippen LogP contribution < -0.4 is 0 Å². The van der Waals surface area contributed by atoms with E-state index in [1.54, 1.807) is 0 Å². The van der Waals surface area contributed by atoms with Crippen LogP contribution in [0.2, 0.25) is 0 Å². The maximum absolute atomic E-state index is 4.66. The second-order valence-electron chi connectivity index (χ2n) is 5.65. The fourth-order valence-corrected chi connectivity index (χ4v) is 3.21. The highest BCUT2D eigenvalue weighted by Gasteiger charge is 2.14. The van der Waals surface area contributed by atoms with Crippen LogP contribution >= 0.6 is 15.9 Å². The van der Waals surface area contributed by atoms with E-state index in [2.05, 4.69) is 76.8 Å². The van der Waals surface area contributed by atoms with Crippen molar-refractivity contribution >= 4 is 15.9 Å². The normalized spacial score (nSPS) is 12.6. The molecule has 0 amide bonds. The number of aromatic nitrogens is 2. The van der Waals surface area contributed by atoms with Crippen LogP contribution in [-0.4, -0.2) is 15.1 Å². The molecule has 1 atom stereocenters. The number of rotatable bonds is 7. The summed E-state index contributed by atoms with van der Waals surface area (Å²) in [5.74, 6) is 0.609. The Kier molecular flexibility index (Phi) is 6.04. The van der Waals surface area contributed by atoms with Crippen molar-refractivity contribution in [3.63, 3.8) is 0 Å². The molecule has 21 heavy (non-hydrogen) atoms. The van der Waals surface area contributed by atoms with Gasteiger partial charge in [0.25, 0.3) is 0 Å². The average Bonchev–Trinajstić information content (AvgIpc) is 2.90. The fraction of sp³-hybridized carbons (Fsp3) is 0.500. The van der Waals surface area contributed by atoms with Gasteiger partial charge in [0, 0.05) is 17.6 Å². The van der Waals surface area contributed by atoms with E-state index in [9.17, 15) is 0 Å². The van der Waals surface area contributed by atoms with Gasteiger partial charge >= 0.3 is 0 Å². The molecule has 1 aromatic carbocycles. The highest BCUT2D eigenvalue weighted by molar-refractivity contribution is 9.09. The van der Waals surface area contributed by atoms with E-state index >= 15 is 0 Å². The van der Waals surface area contributed by atoms with E-state index in [4.69, 9.17) is 0 Å². The molecule has 114 valence electrons. The molecule has 2 nitrogen and oxygen atoms in total. The summed E-state index contributed by atoms with van der Waals surface area (Å²) in [7, 11) is 0. The molecule has 1 aromatic heterocycles. The fourth-order valence-electron chi connectivity index (χ4n) is 2.75. The van der Waals surface area contributed by atoms with Gasteiger partial charge < -0.3 is 0 Å². The molecule has 0 aliphatic carbocycles. The lowest BCUT2D eigenvalue weighted by Crippen LogP contribution is -2.14. The smallest absolute Gasteiger partial charge is 0.0624 e. The first-order valence-corrected chi connectivity index (χ1v) is 8.96. The van der Waals surface area contributed by atoms with Gasteiger partial charge in [-0.1, -0.05) is 47.1 Å². The molecular weight excluding hydrogens is 324 g/mol. The number of halogens is 1. The molecule has 0 aliphatic rings. The Morgan fingerprint density at radius 3 is 2.57 bits per heavy atom. The third-order valence-electron chi connectivity index (χ3n) is 4.06. The molecule has 0 saturated heterocycles. The van der Waals surface area contributed by atoms with Crippen molar-refractivity contribution in [3.05, 3.63) is 52.8 Å². The Bertz CT molecular complexity index is 574. The quantitative estimate of drug-likeness (QED) is 0.670. The van der Waals surface area contributed by atoms with E-state index in [0.717, 1.165) is 31.1 Å². The first-order chi connectivity index (χ1) is 10.2. The van der Waals surface area contributed by atoms with Crippen molar-refractivity contribution in [1.82, 2.24) is 9.78 Å². The van der Waals surface area contributed by atoms with E-state index in [0.29, 0.717) is 5.92 Å². The molecule has 1 unspecified atom stereocenters. The standard InChI is InChI=1S/C18H25BrN2/c1-4-17-12-18(21(5-2)20-17)11-15(13-19)10-16-9-7-6-8-14(16)3/h6-9,12,15H,4-5,10-11,13H2,1-3H3. The lowest BCUT2D eigenvalue weighted by molar-refractivity contribution is 0.534. The highest BCUT2D eigenvalue weighted by Crippen LogP contribution is 2.20. The minimum Gasteiger partial charge on any atom is -0.270 e. The van der Waals surface area contributed by atoms with E-state index < -0.39 is 0 Å². The predicted octanol–water partition coefficient (Wildman–Crippen LogP) is 4.57. The molecule has 0 spiro atoms. The number of alkyl halides is 1. The summed E-state index contributed by atoms with van der Waals surface area (Å²) in [5, 5.41) is 5.69. The topological polar surface area (TPSA) is 17.8 Å². The summed E-state index contributed by atoms with van der Waals surface area (Å²) in [5.41, 5.74) is 5.42. The van der Waals surface area contributed by atoms with Gasteiger partial charge in [-0.3, -0.25) is 4.68 Å². The molecule has 2 aromatic rings. The molecule has 0 bridgehead atoms. The summed E-state index contributed by atoms with van der Waals surface area (Å²) in [6.07, 6.45) is 3.21. The van der Waals surface area contributed by atoms with Crippen LogP contribution in [0.3, 0.4) is 0 Å². The van der Waals surface area contributed by atoms with E-state index in [1.165, 1.54) is 22.5 Å². The van der Waals surface area contributed by atoms with Crippen LogP contribution in [0.15, 0.2) is 30.3 Å². The summed E-state index contributed by atoms with van der Waals surface area (Å²) in [6.45, 7) is 7.49. The molecule has 0 aliphatic heterocycles. The van der Waals surface area contributed by atoms with Gasteiger partial charge in [0.05, 0.1) is 5.69 Å². The monoisotopic (exact) mass is 348 g/mol. The van der Waals surface area contributed by atoms with Gasteiger partial charge in [-0.05, 0) is 56.2 Å². The number of aryl methyl sites for hydroxylation is 3. The van der Waals surface area contributed by atoms with Gasteiger partial charge in [0.15, 0.2) is 0 Å².